The standard InChI is InChI=1S/C20H27ClN2O3/c1-26-17-11-7-14(8-12-17)19(23(16-9-10-16)18(24)13-21)20(25)22-15-5-3-2-4-6-15/h7-8,11-12,15-16,19H,2-6,9-10,13H2,1H3,(H,22,25). The maximum absolute atomic E-state index is 13.2. The highest BCUT2D eigenvalue weighted by molar-refractivity contribution is 6.27. The number of alkyl halides is 1. The van der Waals surface area contributed by atoms with E-state index in [0.717, 1.165) is 49.8 Å². The molecule has 142 valence electrons. The lowest BCUT2D eigenvalue weighted by atomic mass is 9.94. The largest absolute Gasteiger partial charge is 0.497 e. The average Bonchev–Trinajstić information content (AvgIpc) is 3.51. The highest BCUT2D eigenvalue weighted by atomic mass is 35.5. The van der Waals surface area contributed by atoms with E-state index in [1.54, 1.807) is 12.0 Å². The van der Waals surface area contributed by atoms with Crippen LogP contribution in [0.1, 0.15) is 56.6 Å². The smallest absolute Gasteiger partial charge is 0.247 e. The van der Waals surface area contributed by atoms with Gasteiger partial charge in [0.25, 0.3) is 0 Å². The number of rotatable bonds is 7. The van der Waals surface area contributed by atoms with Crippen LogP contribution in [0.2, 0.25) is 0 Å². The first kappa shape index (κ1) is 19.0. The third kappa shape index (κ3) is 4.50. The molecule has 0 spiro atoms. The number of benzene rings is 1. The molecular weight excluding hydrogens is 352 g/mol. The molecule has 6 heteroatoms. The van der Waals surface area contributed by atoms with Crippen molar-refractivity contribution in [1.82, 2.24) is 10.2 Å². The molecule has 2 aliphatic rings. The zero-order valence-corrected chi connectivity index (χ0v) is 16.0. The number of amides is 2. The Bertz CT molecular complexity index is 624. The zero-order chi connectivity index (χ0) is 18.5. The Morgan fingerprint density at radius 1 is 1.15 bits per heavy atom. The molecule has 2 amide bonds. The lowest BCUT2D eigenvalue weighted by molar-refractivity contribution is -0.140. The van der Waals surface area contributed by atoms with E-state index in [-0.39, 0.29) is 29.8 Å². The third-order valence-corrected chi connectivity index (χ3v) is 5.48. The van der Waals surface area contributed by atoms with Crippen LogP contribution in [0.25, 0.3) is 0 Å². The number of halogens is 1. The Kier molecular flexibility index (Phi) is 6.41. The van der Waals surface area contributed by atoms with Gasteiger partial charge in [-0.1, -0.05) is 31.4 Å². The van der Waals surface area contributed by atoms with E-state index in [0.29, 0.717) is 0 Å². The normalized spacial score (nSPS) is 18.8. The molecule has 1 aromatic rings. The lowest BCUT2D eigenvalue weighted by Gasteiger charge is -2.33. The lowest BCUT2D eigenvalue weighted by Crippen LogP contribution is -2.48. The Morgan fingerprint density at radius 3 is 2.35 bits per heavy atom. The van der Waals surface area contributed by atoms with Gasteiger partial charge in [-0.15, -0.1) is 11.6 Å². The summed E-state index contributed by atoms with van der Waals surface area (Å²) in [6.45, 7) is 0. The quantitative estimate of drug-likeness (QED) is 0.739. The Morgan fingerprint density at radius 2 is 1.81 bits per heavy atom. The van der Waals surface area contributed by atoms with Gasteiger partial charge in [0.05, 0.1) is 7.11 Å². The second kappa shape index (κ2) is 8.76. The van der Waals surface area contributed by atoms with Gasteiger partial charge in [-0.05, 0) is 43.4 Å². The Labute approximate surface area is 160 Å². The number of methoxy groups -OCH3 is 1. The first-order valence-electron chi connectivity index (χ1n) is 9.45. The van der Waals surface area contributed by atoms with E-state index in [1.165, 1.54) is 6.42 Å². The molecule has 3 rings (SSSR count). The SMILES string of the molecule is COc1ccc(C(C(=O)NC2CCCCC2)N(C(=O)CCl)C2CC2)cc1. The molecule has 2 fully saturated rings. The second-order valence-corrected chi connectivity index (χ2v) is 7.45. The van der Waals surface area contributed by atoms with Crippen LogP contribution in [-0.4, -0.2) is 41.8 Å². The minimum atomic E-state index is -0.637. The van der Waals surface area contributed by atoms with Gasteiger partial charge in [0, 0.05) is 12.1 Å². The zero-order valence-electron chi connectivity index (χ0n) is 15.2. The first-order valence-corrected chi connectivity index (χ1v) is 9.99. The molecule has 1 N–H and O–H groups in total. The predicted octanol–water partition coefficient (Wildman–Crippen LogP) is 3.42. The van der Waals surface area contributed by atoms with Gasteiger partial charge < -0.3 is 15.0 Å². The van der Waals surface area contributed by atoms with Crippen molar-refractivity contribution in [2.75, 3.05) is 13.0 Å². The van der Waals surface area contributed by atoms with Gasteiger partial charge in [-0.3, -0.25) is 9.59 Å². The van der Waals surface area contributed by atoms with Gasteiger partial charge in [0.15, 0.2) is 0 Å². The molecule has 26 heavy (non-hydrogen) atoms. The summed E-state index contributed by atoms with van der Waals surface area (Å²) in [5.74, 6) is 0.322. The summed E-state index contributed by atoms with van der Waals surface area (Å²) >= 11 is 5.85. The molecular formula is C20H27ClN2O3. The van der Waals surface area contributed by atoms with Crippen LogP contribution in [0, 0.1) is 0 Å². The summed E-state index contributed by atoms with van der Waals surface area (Å²) in [6.07, 6.45) is 7.38. The van der Waals surface area contributed by atoms with Gasteiger partial charge in [0.1, 0.15) is 17.7 Å². The average molecular weight is 379 g/mol. The minimum absolute atomic E-state index is 0.102. The van der Waals surface area contributed by atoms with Crippen molar-refractivity contribution >= 4 is 23.4 Å². The van der Waals surface area contributed by atoms with Gasteiger partial charge in [0.2, 0.25) is 11.8 Å². The number of nitrogens with one attached hydrogen (secondary N) is 1. The monoisotopic (exact) mass is 378 g/mol. The molecule has 2 aliphatic carbocycles. The van der Waals surface area contributed by atoms with Gasteiger partial charge in [-0.25, -0.2) is 0 Å². The van der Waals surface area contributed by atoms with Crippen LogP contribution < -0.4 is 10.1 Å². The summed E-state index contributed by atoms with van der Waals surface area (Å²) in [5, 5.41) is 3.18. The van der Waals surface area contributed by atoms with Crippen LogP contribution in [0.15, 0.2) is 24.3 Å². The van der Waals surface area contributed by atoms with Crippen molar-refractivity contribution in [1.29, 1.82) is 0 Å². The van der Waals surface area contributed by atoms with Crippen LogP contribution in [0.3, 0.4) is 0 Å². The maximum Gasteiger partial charge on any atom is 0.247 e. The molecule has 0 aliphatic heterocycles. The summed E-state index contributed by atoms with van der Waals surface area (Å²) in [7, 11) is 1.61. The van der Waals surface area contributed by atoms with Crippen molar-refractivity contribution < 1.29 is 14.3 Å². The molecule has 0 aromatic heterocycles. The van der Waals surface area contributed by atoms with Crippen molar-refractivity contribution in [3.8, 4) is 5.75 Å². The van der Waals surface area contributed by atoms with Gasteiger partial charge >= 0.3 is 0 Å². The number of hydrogen-bond donors (Lipinski definition) is 1. The van der Waals surface area contributed by atoms with E-state index in [4.69, 9.17) is 16.3 Å². The topological polar surface area (TPSA) is 58.6 Å². The molecule has 2 saturated carbocycles. The van der Waals surface area contributed by atoms with Crippen molar-refractivity contribution in [2.24, 2.45) is 0 Å². The summed E-state index contributed by atoms with van der Waals surface area (Å²) in [5.41, 5.74) is 0.796. The molecule has 0 heterocycles. The maximum atomic E-state index is 13.2. The highest BCUT2D eigenvalue weighted by Crippen LogP contribution is 2.36. The van der Waals surface area contributed by atoms with E-state index >= 15 is 0 Å². The summed E-state index contributed by atoms with van der Waals surface area (Å²) < 4.78 is 5.22. The van der Waals surface area contributed by atoms with Crippen molar-refractivity contribution in [3.63, 3.8) is 0 Å². The molecule has 1 aromatic carbocycles. The molecule has 5 nitrogen and oxygen atoms in total. The first-order chi connectivity index (χ1) is 12.6. The van der Waals surface area contributed by atoms with E-state index < -0.39 is 6.04 Å². The van der Waals surface area contributed by atoms with Crippen LogP contribution >= 0.6 is 11.6 Å². The number of hydrogen-bond acceptors (Lipinski definition) is 3. The number of ether oxygens (including phenoxy) is 1. The van der Waals surface area contributed by atoms with Crippen LogP contribution in [0.5, 0.6) is 5.75 Å². The van der Waals surface area contributed by atoms with Crippen LogP contribution in [-0.2, 0) is 9.59 Å². The number of nitrogens with zero attached hydrogens (tertiary/aromatic N) is 1. The minimum Gasteiger partial charge on any atom is -0.497 e. The Hall–Kier alpha value is -1.75. The third-order valence-electron chi connectivity index (χ3n) is 5.25. The van der Waals surface area contributed by atoms with E-state index in [9.17, 15) is 9.59 Å². The second-order valence-electron chi connectivity index (χ2n) is 7.19. The van der Waals surface area contributed by atoms with E-state index in [2.05, 4.69) is 5.32 Å². The molecule has 1 atom stereocenters. The van der Waals surface area contributed by atoms with Crippen molar-refractivity contribution in [2.45, 2.75) is 63.1 Å². The predicted molar refractivity (Wildman–Crippen MR) is 101 cm³/mol. The van der Waals surface area contributed by atoms with E-state index in [1.807, 2.05) is 24.3 Å². The molecule has 0 saturated heterocycles. The molecule has 0 radical (unpaired) electrons. The fraction of sp³-hybridized carbons (Fsp3) is 0.600. The fourth-order valence-electron chi connectivity index (χ4n) is 3.73. The fourth-order valence-corrected chi connectivity index (χ4v) is 3.87. The van der Waals surface area contributed by atoms with Crippen LogP contribution in [0.4, 0.5) is 0 Å². The number of carbonyl (C=O) groups is 2. The Balaban J connectivity index is 1.86. The number of carbonyl (C=O) groups excluding carboxylic acids is 2. The molecule has 0 bridgehead atoms. The van der Waals surface area contributed by atoms with Crippen molar-refractivity contribution in [3.05, 3.63) is 29.8 Å². The summed E-state index contributed by atoms with van der Waals surface area (Å²) in [6, 6.07) is 7.04. The van der Waals surface area contributed by atoms with Gasteiger partial charge in [-0.2, -0.15) is 0 Å². The highest BCUT2D eigenvalue weighted by Gasteiger charge is 2.41. The summed E-state index contributed by atoms with van der Waals surface area (Å²) in [4.78, 5) is 27.4. The molecule has 1 unspecified atom stereocenters.